The summed E-state index contributed by atoms with van der Waals surface area (Å²) < 4.78 is 24.8. The second-order valence-corrected chi connectivity index (χ2v) is 9.51. The summed E-state index contributed by atoms with van der Waals surface area (Å²) in [7, 11) is -3.32. The Hall–Kier alpha value is -2.45. The van der Waals surface area contributed by atoms with E-state index in [1.54, 1.807) is 12.1 Å². The summed E-state index contributed by atoms with van der Waals surface area (Å²) >= 11 is 1.49. The maximum atomic E-state index is 12.6. The summed E-state index contributed by atoms with van der Waals surface area (Å²) in [6.45, 7) is 2.57. The predicted molar refractivity (Wildman–Crippen MR) is 107 cm³/mol. The van der Waals surface area contributed by atoms with Crippen molar-refractivity contribution in [3.8, 4) is 0 Å². The third-order valence-corrected chi connectivity index (χ3v) is 6.84. The first-order valence-corrected chi connectivity index (χ1v) is 11.3. The van der Waals surface area contributed by atoms with Gasteiger partial charge in [-0.3, -0.25) is 4.79 Å². The minimum atomic E-state index is -3.32. The molecule has 8 heteroatoms. The Morgan fingerprint density at radius 2 is 1.70 bits per heavy atom. The number of carbonyl (C=O) groups is 1. The van der Waals surface area contributed by atoms with Gasteiger partial charge in [0.2, 0.25) is 0 Å². The highest BCUT2D eigenvalue weighted by molar-refractivity contribution is 7.91. The quantitative estimate of drug-likeness (QED) is 0.675. The molecule has 1 aromatic heterocycles. The number of rotatable bonds is 3. The van der Waals surface area contributed by atoms with Crippen LogP contribution in [-0.2, 0) is 9.84 Å². The van der Waals surface area contributed by atoms with E-state index in [0.29, 0.717) is 37.3 Å². The molecular weight excluding hydrogens is 382 g/mol. The molecule has 1 amide bonds. The average molecular weight is 402 g/mol. The molecule has 0 N–H and O–H groups in total. The van der Waals surface area contributed by atoms with Gasteiger partial charge in [-0.05, 0) is 24.3 Å². The van der Waals surface area contributed by atoms with Gasteiger partial charge in [0.25, 0.3) is 5.91 Å². The summed E-state index contributed by atoms with van der Waals surface area (Å²) in [6, 6.07) is 14.5. The number of sulfone groups is 1. The number of para-hydroxylation sites is 1. The SMILES string of the molecule is CS(=O)(=O)c1cccc2sc(N3CCN(C(=O)c4ccccc4)CC3)nc12. The van der Waals surface area contributed by atoms with Gasteiger partial charge in [0.1, 0.15) is 5.52 Å². The molecule has 2 aromatic carbocycles. The molecule has 3 aromatic rings. The minimum Gasteiger partial charge on any atom is -0.345 e. The van der Waals surface area contributed by atoms with Crippen LogP contribution >= 0.6 is 11.3 Å². The van der Waals surface area contributed by atoms with Gasteiger partial charge in [-0.1, -0.05) is 35.6 Å². The largest absolute Gasteiger partial charge is 0.345 e. The molecule has 27 heavy (non-hydrogen) atoms. The van der Waals surface area contributed by atoms with E-state index in [1.165, 1.54) is 17.6 Å². The first-order chi connectivity index (χ1) is 12.9. The Labute approximate surface area is 162 Å². The fourth-order valence-electron chi connectivity index (χ4n) is 3.21. The molecule has 0 unspecified atom stereocenters. The Balaban J connectivity index is 1.53. The van der Waals surface area contributed by atoms with E-state index in [9.17, 15) is 13.2 Å². The van der Waals surface area contributed by atoms with Gasteiger partial charge >= 0.3 is 0 Å². The molecule has 6 nitrogen and oxygen atoms in total. The number of thiazole rings is 1. The van der Waals surface area contributed by atoms with E-state index >= 15 is 0 Å². The summed E-state index contributed by atoms with van der Waals surface area (Å²) in [5, 5.41) is 0.799. The molecule has 0 spiro atoms. The van der Waals surface area contributed by atoms with Crippen LogP contribution in [0.25, 0.3) is 10.2 Å². The molecule has 1 fully saturated rings. The Kier molecular flexibility index (Phi) is 4.61. The smallest absolute Gasteiger partial charge is 0.253 e. The topological polar surface area (TPSA) is 70.6 Å². The van der Waals surface area contributed by atoms with Crippen molar-refractivity contribution in [2.45, 2.75) is 4.90 Å². The van der Waals surface area contributed by atoms with Crippen LogP contribution in [0.5, 0.6) is 0 Å². The van der Waals surface area contributed by atoms with Crippen LogP contribution in [-0.4, -0.2) is 56.6 Å². The molecule has 140 valence electrons. The number of benzene rings is 2. The third-order valence-electron chi connectivity index (χ3n) is 4.63. The molecule has 0 aliphatic carbocycles. The standard InChI is InChI=1S/C19H19N3O3S2/c1-27(24,25)16-9-5-8-15-17(16)20-19(26-15)22-12-10-21(11-13-22)18(23)14-6-3-2-4-7-14/h2-9H,10-13H2,1H3. The van der Waals surface area contributed by atoms with Crippen LogP contribution in [0.2, 0.25) is 0 Å². The lowest BCUT2D eigenvalue weighted by molar-refractivity contribution is 0.0747. The van der Waals surface area contributed by atoms with Gasteiger partial charge in [0.15, 0.2) is 15.0 Å². The Bertz CT molecular complexity index is 1090. The molecule has 0 bridgehead atoms. The minimum absolute atomic E-state index is 0.0407. The molecular formula is C19H19N3O3S2. The van der Waals surface area contributed by atoms with E-state index in [0.717, 1.165) is 9.83 Å². The molecule has 0 radical (unpaired) electrons. The number of amides is 1. The fraction of sp³-hybridized carbons (Fsp3) is 0.263. The van der Waals surface area contributed by atoms with Crippen molar-refractivity contribution in [1.29, 1.82) is 0 Å². The van der Waals surface area contributed by atoms with Crippen molar-refractivity contribution in [3.05, 3.63) is 54.1 Å². The number of nitrogens with zero attached hydrogens (tertiary/aromatic N) is 3. The van der Waals surface area contributed by atoms with E-state index in [-0.39, 0.29) is 10.8 Å². The second-order valence-electron chi connectivity index (χ2n) is 6.52. The number of aromatic nitrogens is 1. The average Bonchev–Trinajstić information content (AvgIpc) is 3.11. The zero-order chi connectivity index (χ0) is 19.0. The maximum Gasteiger partial charge on any atom is 0.253 e. The predicted octanol–water partition coefficient (Wildman–Crippen LogP) is 2.66. The number of fused-ring (bicyclic) bond motifs is 1. The van der Waals surface area contributed by atoms with Crippen molar-refractivity contribution in [2.24, 2.45) is 0 Å². The van der Waals surface area contributed by atoms with Crippen molar-refractivity contribution in [2.75, 3.05) is 37.3 Å². The second kappa shape index (κ2) is 6.94. The van der Waals surface area contributed by atoms with Gasteiger partial charge in [-0.15, -0.1) is 0 Å². The van der Waals surface area contributed by atoms with E-state index < -0.39 is 9.84 Å². The summed E-state index contributed by atoms with van der Waals surface area (Å²) in [5.74, 6) is 0.0407. The normalized spacial score (nSPS) is 15.3. The zero-order valence-electron chi connectivity index (χ0n) is 14.8. The molecule has 1 aliphatic rings. The summed E-state index contributed by atoms with van der Waals surface area (Å²) in [5.41, 5.74) is 1.23. The van der Waals surface area contributed by atoms with Crippen LogP contribution in [0.3, 0.4) is 0 Å². The number of hydrogen-bond acceptors (Lipinski definition) is 6. The lowest BCUT2D eigenvalue weighted by atomic mass is 10.2. The lowest BCUT2D eigenvalue weighted by Gasteiger charge is -2.34. The van der Waals surface area contributed by atoms with Crippen LogP contribution in [0, 0.1) is 0 Å². The molecule has 4 rings (SSSR count). The summed E-state index contributed by atoms with van der Waals surface area (Å²) in [6.07, 6.45) is 1.20. The van der Waals surface area contributed by atoms with E-state index in [1.807, 2.05) is 41.3 Å². The van der Waals surface area contributed by atoms with Crippen molar-refractivity contribution in [3.63, 3.8) is 0 Å². The Morgan fingerprint density at radius 1 is 1.00 bits per heavy atom. The number of piperazine rings is 1. The number of carbonyl (C=O) groups excluding carboxylic acids is 1. The van der Waals surface area contributed by atoms with Gasteiger partial charge in [-0.2, -0.15) is 0 Å². The third kappa shape index (κ3) is 3.54. The summed E-state index contributed by atoms with van der Waals surface area (Å²) in [4.78, 5) is 21.4. The molecule has 2 heterocycles. The lowest BCUT2D eigenvalue weighted by Crippen LogP contribution is -2.48. The monoisotopic (exact) mass is 401 g/mol. The molecule has 1 saturated heterocycles. The van der Waals surface area contributed by atoms with Crippen LogP contribution in [0.15, 0.2) is 53.4 Å². The van der Waals surface area contributed by atoms with Gasteiger partial charge < -0.3 is 9.80 Å². The molecule has 0 saturated carbocycles. The fourth-order valence-corrected chi connectivity index (χ4v) is 5.15. The number of anilines is 1. The van der Waals surface area contributed by atoms with Crippen molar-refractivity contribution < 1.29 is 13.2 Å². The maximum absolute atomic E-state index is 12.6. The van der Waals surface area contributed by atoms with Gasteiger partial charge in [-0.25, -0.2) is 13.4 Å². The zero-order valence-corrected chi connectivity index (χ0v) is 16.5. The first kappa shape index (κ1) is 17.9. The first-order valence-electron chi connectivity index (χ1n) is 8.62. The van der Waals surface area contributed by atoms with Crippen LogP contribution < -0.4 is 4.90 Å². The molecule has 1 aliphatic heterocycles. The highest BCUT2D eigenvalue weighted by atomic mass is 32.2. The van der Waals surface area contributed by atoms with E-state index in [4.69, 9.17) is 0 Å². The highest BCUT2D eigenvalue weighted by Gasteiger charge is 2.25. The van der Waals surface area contributed by atoms with E-state index in [2.05, 4.69) is 9.88 Å². The number of hydrogen-bond donors (Lipinski definition) is 0. The van der Waals surface area contributed by atoms with Gasteiger partial charge in [0.05, 0.1) is 9.60 Å². The van der Waals surface area contributed by atoms with Crippen LogP contribution in [0.1, 0.15) is 10.4 Å². The Morgan fingerprint density at radius 3 is 2.37 bits per heavy atom. The van der Waals surface area contributed by atoms with Gasteiger partial charge in [0, 0.05) is 38.0 Å². The van der Waals surface area contributed by atoms with Crippen molar-refractivity contribution >= 4 is 42.4 Å². The molecule has 0 atom stereocenters. The highest BCUT2D eigenvalue weighted by Crippen LogP contribution is 2.33. The van der Waals surface area contributed by atoms with Crippen LogP contribution in [0.4, 0.5) is 5.13 Å². The van der Waals surface area contributed by atoms with Crippen molar-refractivity contribution in [1.82, 2.24) is 9.88 Å².